The van der Waals surface area contributed by atoms with E-state index in [1.165, 1.54) is 0 Å². The lowest BCUT2D eigenvalue weighted by Crippen LogP contribution is -2.65. The molecule has 0 radical (unpaired) electrons. The Morgan fingerprint density at radius 1 is 1.04 bits per heavy atom. The van der Waals surface area contributed by atoms with Gasteiger partial charge in [0.05, 0.1) is 5.92 Å². The molecule has 0 bridgehead atoms. The fourth-order valence-corrected chi connectivity index (χ4v) is 3.62. The van der Waals surface area contributed by atoms with E-state index in [9.17, 15) is 9.59 Å². The van der Waals surface area contributed by atoms with Crippen LogP contribution in [0.15, 0.2) is 0 Å². The Bertz CT molecular complexity index is 505. The van der Waals surface area contributed by atoms with E-state index in [1.807, 2.05) is 48.5 Å². The van der Waals surface area contributed by atoms with Crippen LogP contribution in [0.25, 0.3) is 0 Å². The van der Waals surface area contributed by atoms with Crippen molar-refractivity contribution in [3.8, 4) is 0 Å². The molecule has 2 rings (SSSR count). The third-order valence-corrected chi connectivity index (χ3v) is 5.94. The van der Waals surface area contributed by atoms with Crippen LogP contribution in [0.2, 0.25) is 0 Å². The minimum Gasteiger partial charge on any atom is -0.460 e. The highest BCUT2D eigenvalue weighted by molar-refractivity contribution is 5.82. The summed E-state index contributed by atoms with van der Waals surface area (Å²) in [6.07, 6.45) is 1.38. The second-order valence-electron chi connectivity index (χ2n) is 9.42. The largest absolute Gasteiger partial charge is 0.460 e. The molecule has 5 nitrogen and oxygen atoms in total. The third-order valence-electron chi connectivity index (χ3n) is 5.94. The fourth-order valence-electron chi connectivity index (χ4n) is 3.62. The maximum atomic E-state index is 12.5. The highest BCUT2D eigenvalue weighted by Crippen LogP contribution is 2.49. The minimum absolute atomic E-state index is 0.0140. The summed E-state index contributed by atoms with van der Waals surface area (Å²) in [6.45, 7) is 13.7. The Labute approximate surface area is 139 Å². The van der Waals surface area contributed by atoms with Gasteiger partial charge in [0.1, 0.15) is 5.60 Å². The normalized spacial score (nSPS) is 34.8. The monoisotopic (exact) mass is 324 g/mol. The van der Waals surface area contributed by atoms with Crippen LogP contribution >= 0.6 is 0 Å². The van der Waals surface area contributed by atoms with Crippen molar-refractivity contribution in [2.24, 2.45) is 28.4 Å². The molecule has 0 saturated heterocycles. The Morgan fingerprint density at radius 2 is 1.61 bits per heavy atom. The third kappa shape index (κ3) is 3.25. The van der Waals surface area contributed by atoms with E-state index < -0.39 is 5.60 Å². The van der Waals surface area contributed by atoms with Crippen LogP contribution in [0.4, 0.5) is 0 Å². The fraction of sp³-hybridized carbons (Fsp3) is 0.889. The molecule has 5 heteroatoms. The molecule has 1 amide bonds. The number of nitrogens with two attached hydrogens (primary N) is 1. The number of carbonyl (C=O) groups is 2. The summed E-state index contributed by atoms with van der Waals surface area (Å²) >= 11 is 0. The van der Waals surface area contributed by atoms with Gasteiger partial charge in [-0.3, -0.25) is 9.59 Å². The molecule has 2 aliphatic carbocycles. The van der Waals surface area contributed by atoms with Gasteiger partial charge in [-0.1, -0.05) is 27.7 Å². The summed E-state index contributed by atoms with van der Waals surface area (Å²) < 4.78 is 5.49. The zero-order chi connectivity index (χ0) is 17.8. The van der Waals surface area contributed by atoms with E-state index in [2.05, 4.69) is 5.32 Å². The SMILES string of the molecule is CC(C)(C)OC(=O)[C@H]1C[C@@H](NC(=O)[C@H]2C[C@@H](N)C2(C)C)C1(C)C. The number of carbonyl (C=O) groups excluding carboxylic acids is 2. The van der Waals surface area contributed by atoms with Crippen molar-refractivity contribution < 1.29 is 14.3 Å². The quantitative estimate of drug-likeness (QED) is 0.780. The van der Waals surface area contributed by atoms with E-state index in [4.69, 9.17) is 10.5 Å². The molecule has 2 saturated carbocycles. The van der Waals surface area contributed by atoms with Crippen LogP contribution in [0, 0.1) is 22.7 Å². The first kappa shape index (κ1) is 18.2. The number of nitrogens with one attached hydrogen (secondary N) is 1. The van der Waals surface area contributed by atoms with Crippen LogP contribution < -0.4 is 11.1 Å². The lowest BCUT2D eigenvalue weighted by molar-refractivity contribution is -0.175. The van der Waals surface area contributed by atoms with E-state index in [0.29, 0.717) is 6.42 Å². The van der Waals surface area contributed by atoms with E-state index in [1.54, 1.807) is 0 Å². The lowest BCUT2D eigenvalue weighted by atomic mass is 9.56. The van der Waals surface area contributed by atoms with Crippen LogP contribution in [-0.4, -0.2) is 29.6 Å². The van der Waals surface area contributed by atoms with Crippen molar-refractivity contribution >= 4 is 11.9 Å². The summed E-state index contributed by atoms with van der Waals surface area (Å²) in [5.74, 6) is -0.297. The molecule has 0 aliphatic heterocycles. The average Bonchev–Trinajstić information content (AvgIpc) is 2.37. The molecule has 3 N–H and O–H groups in total. The summed E-state index contributed by atoms with van der Waals surface area (Å²) in [6, 6.07) is 0.0994. The van der Waals surface area contributed by atoms with Gasteiger partial charge in [0.25, 0.3) is 0 Å². The first-order valence-corrected chi connectivity index (χ1v) is 8.55. The van der Waals surface area contributed by atoms with E-state index in [-0.39, 0.29) is 46.6 Å². The Kier molecular flexibility index (Phi) is 4.34. The first-order chi connectivity index (χ1) is 10.3. The number of ether oxygens (including phenoxy) is 1. The van der Waals surface area contributed by atoms with E-state index in [0.717, 1.165) is 6.42 Å². The summed E-state index contributed by atoms with van der Waals surface area (Å²) in [4.78, 5) is 24.8. The highest BCUT2D eigenvalue weighted by atomic mass is 16.6. The number of amides is 1. The molecule has 23 heavy (non-hydrogen) atoms. The van der Waals surface area contributed by atoms with Gasteiger partial charge < -0.3 is 15.8 Å². The topological polar surface area (TPSA) is 81.4 Å². The minimum atomic E-state index is -0.479. The van der Waals surface area contributed by atoms with Crippen LogP contribution in [0.1, 0.15) is 61.3 Å². The van der Waals surface area contributed by atoms with Gasteiger partial charge in [-0.25, -0.2) is 0 Å². The summed E-state index contributed by atoms with van der Waals surface area (Å²) in [5, 5.41) is 3.13. The number of rotatable bonds is 3. The van der Waals surface area contributed by atoms with Gasteiger partial charge in [0, 0.05) is 18.0 Å². The molecule has 0 heterocycles. The Hall–Kier alpha value is -1.10. The van der Waals surface area contributed by atoms with Gasteiger partial charge in [0.2, 0.25) is 5.91 Å². The predicted octanol–water partition coefficient (Wildman–Crippen LogP) is 2.23. The van der Waals surface area contributed by atoms with Crippen molar-refractivity contribution in [1.29, 1.82) is 0 Å². The van der Waals surface area contributed by atoms with Gasteiger partial charge in [0.15, 0.2) is 0 Å². The predicted molar refractivity (Wildman–Crippen MR) is 89.5 cm³/mol. The maximum absolute atomic E-state index is 12.5. The van der Waals surface area contributed by atoms with Gasteiger partial charge in [-0.2, -0.15) is 0 Å². The zero-order valence-corrected chi connectivity index (χ0v) is 15.5. The molecule has 0 aromatic rings. The molecule has 4 atom stereocenters. The molecule has 2 fully saturated rings. The maximum Gasteiger partial charge on any atom is 0.310 e. The molecular formula is C18H32N2O3. The lowest BCUT2D eigenvalue weighted by Gasteiger charge is -2.54. The Balaban J connectivity index is 1.92. The van der Waals surface area contributed by atoms with Crippen LogP contribution in [-0.2, 0) is 14.3 Å². The summed E-state index contributed by atoms with van der Waals surface area (Å²) in [5.41, 5.74) is 5.08. The van der Waals surface area contributed by atoms with Crippen molar-refractivity contribution in [2.75, 3.05) is 0 Å². The zero-order valence-electron chi connectivity index (χ0n) is 15.5. The van der Waals surface area contributed by atoms with E-state index >= 15 is 0 Å². The van der Waals surface area contributed by atoms with Gasteiger partial charge in [-0.15, -0.1) is 0 Å². The Morgan fingerprint density at radius 3 is 2.00 bits per heavy atom. The molecule has 0 unspecified atom stereocenters. The molecule has 2 aliphatic rings. The van der Waals surface area contributed by atoms with Crippen LogP contribution in [0.3, 0.4) is 0 Å². The average molecular weight is 324 g/mol. The molecular weight excluding hydrogens is 292 g/mol. The van der Waals surface area contributed by atoms with Crippen molar-refractivity contribution in [3.63, 3.8) is 0 Å². The molecule has 132 valence electrons. The van der Waals surface area contributed by atoms with Crippen molar-refractivity contribution in [2.45, 2.75) is 79.0 Å². The summed E-state index contributed by atoms with van der Waals surface area (Å²) in [7, 11) is 0. The molecule has 0 aromatic heterocycles. The highest BCUT2D eigenvalue weighted by Gasteiger charge is 2.56. The smallest absolute Gasteiger partial charge is 0.310 e. The second-order valence-corrected chi connectivity index (χ2v) is 9.42. The number of hydrogen-bond acceptors (Lipinski definition) is 4. The number of esters is 1. The van der Waals surface area contributed by atoms with Crippen molar-refractivity contribution in [1.82, 2.24) is 5.32 Å². The van der Waals surface area contributed by atoms with Crippen molar-refractivity contribution in [3.05, 3.63) is 0 Å². The first-order valence-electron chi connectivity index (χ1n) is 8.55. The van der Waals surface area contributed by atoms with Gasteiger partial charge in [-0.05, 0) is 44.4 Å². The standard InChI is InChI=1S/C18H32N2O3/c1-16(2,3)23-15(22)11-9-13(18(11,6)7)20-14(21)10-8-12(19)17(10,4)5/h10-13H,8-9,19H2,1-7H3,(H,20,21)/t10-,11-,12-,13-/m1/s1. The van der Waals surface area contributed by atoms with Crippen LogP contribution in [0.5, 0.6) is 0 Å². The van der Waals surface area contributed by atoms with Gasteiger partial charge >= 0.3 is 5.97 Å². The second kappa shape index (κ2) is 5.47. The number of hydrogen-bond donors (Lipinski definition) is 2. The molecule has 0 spiro atoms. The molecule has 0 aromatic carbocycles.